The molecule has 1 fully saturated rings. The Morgan fingerprint density at radius 2 is 2.00 bits per heavy atom. The first-order valence-corrected chi connectivity index (χ1v) is 7.34. The lowest BCUT2D eigenvalue weighted by Gasteiger charge is -2.15. The van der Waals surface area contributed by atoms with Crippen LogP contribution in [0.4, 0.5) is 16.0 Å². The van der Waals surface area contributed by atoms with Crippen molar-refractivity contribution in [3.63, 3.8) is 0 Å². The molecule has 0 radical (unpaired) electrons. The fourth-order valence-electron chi connectivity index (χ4n) is 2.53. The van der Waals surface area contributed by atoms with Crippen LogP contribution in [0, 0.1) is 5.82 Å². The zero-order chi connectivity index (χ0) is 15.4. The molecular formula is C16H17FN4O. The van der Waals surface area contributed by atoms with Crippen molar-refractivity contribution < 1.29 is 9.18 Å². The number of amides is 1. The van der Waals surface area contributed by atoms with Crippen LogP contribution in [-0.4, -0.2) is 29.2 Å². The molecule has 0 unspecified atom stereocenters. The van der Waals surface area contributed by atoms with E-state index in [1.807, 2.05) is 6.07 Å². The molecule has 1 N–H and O–H groups in total. The standard InChI is InChI=1S/C16H17FN4O/c17-13-5-3-4-12(10-13)11-16(22)18-14-6-7-15(20-19-14)21-8-1-2-9-21/h3-7,10H,1-2,8-9,11H2,(H,18,19,22). The van der Waals surface area contributed by atoms with Gasteiger partial charge in [0.2, 0.25) is 5.91 Å². The lowest BCUT2D eigenvalue weighted by Crippen LogP contribution is -2.20. The van der Waals surface area contributed by atoms with Crippen LogP contribution in [0.2, 0.25) is 0 Å². The topological polar surface area (TPSA) is 58.1 Å². The van der Waals surface area contributed by atoms with Crippen molar-refractivity contribution >= 4 is 17.5 Å². The van der Waals surface area contributed by atoms with Gasteiger partial charge in [0.1, 0.15) is 5.82 Å². The second-order valence-electron chi connectivity index (χ2n) is 5.33. The fourth-order valence-corrected chi connectivity index (χ4v) is 2.53. The maximum Gasteiger partial charge on any atom is 0.229 e. The molecule has 1 aliphatic heterocycles. The Morgan fingerprint density at radius 3 is 2.68 bits per heavy atom. The van der Waals surface area contributed by atoms with Crippen LogP contribution < -0.4 is 10.2 Å². The lowest BCUT2D eigenvalue weighted by atomic mass is 10.1. The quantitative estimate of drug-likeness (QED) is 0.942. The van der Waals surface area contributed by atoms with Gasteiger partial charge in [-0.05, 0) is 42.7 Å². The van der Waals surface area contributed by atoms with Crippen molar-refractivity contribution in [3.8, 4) is 0 Å². The molecule has 0 bridgehead atoms. The molecule has 5 nitrogen and oxygen atoms in total. The first-order valence-electron chi connectivity index (χ1n) is 7.34. The molecule has 1 amide bonds. The molecule has 22 heavy (non-hydrogen) atoms. The van der Waals surface area contributed by atoms with E-state index in [-0.39, 0.29) is 18.1 Å². The average Bonchev–Trinajstić information content (AvgIpc) is 3.02. The molecule has 0 aliphatic carbocycles. The van der Waals surface area contributed by atoms with Gasteiger partial charge in [0, 0.05) is 13.1 Å². The number of nitrogens with one attached hydrogen (secondary N) is 1. The van der Waals surface area contributed by atoms with Crippen LogP contribution in [0.1, 0.15) is 18.4 Å². The van der Waals surface area contributed by atoms with Gasteiger partial charge >= 0.3 is 0 Å². The number of carbonyl (C=O) groups excluding carboxylic acids is 1. The molecule has 1 aromatic carbocycles. The number of hydrogen-bond donors (Lipinski definition) is 1. The van der Waals surface area contributed by atoms with E-state index in [1.54, 1.807) is 18.2 Å². The molecule has 3 rings (SSSR count). The highest BCUT2D eigenvalue weighted by Gasteiger charge is 2.14. The molecule has 0 atom stereocenters. The molecule has 1 saturated heterocycles. The molecule has 0 spiro atoms. The molecule has 2 heterocycles. The highest BCUT2D eigenvalue weighted by atomic mass is 19.1. The Bertz CT molecular complexity index is 653. The van der Waals surface area contributed by atoms with Gasteiger partial charge in [0.25, 0.3) is 0 Å². The Labute approximate surface area is 128 Å². The summed E-state index contributed by atoms with van der Waals surface area (Å²) in [5.74, 6) is 0.652. The van der Waals surface area contributed by atoms with E-state index in [9.17, 15) is 9.18 Å². The number of halogens is 1. The Hall–Kier alpha value is -2.50. The minimum Gasteiger partial charge on any atom is -0.355 e. The van der Waals surface area contributed by atoms with E-state index in [4.69, 9.17) is 0 Å². The summed E-state index contributed by atoms with van der Waals surface area (Å²) in [5, 5.41) is 10.8. The summed E-state index contributed by atoms with van der Waals surface area (Å²) in [6.45, 7) is 2.00. The number of hydrogen-bond acceptors (Lipinski definition) is 4. The summed E-state index contributed by atoms with van der Waals surface area (Å²) in [6.07, 6.45) is 2.45. The van der Waals surface area contributed by atoms with Gasteiger partial charge in [-0.15, -0.1) is 10.2 Å². The first kappa shape index (κ1) is 14.4. The lowest BCUT2D eigenvalue weighted by molar-refractivity contribution is -0.115. The van der Waals surface area contributed by atoms with Crippen LogP contribution >= 0.6 is 0 Å². The highest BCUT2D eigenvalue weighted by molar-refractivity contribution is 5.91. The Morgan fingerprint density at radius 1 is 1.18 bits per heavy atom. The third kappa shape index (κ3) is 3.58. The molecule has 1 aromatic heterocycles. The number of anilines is 2. The van der Waals surface area contributed by atoms with Gasteiger partial charge in [0.05, 0.1) is 6.42 Å². The number of benzene rings is 1. The van der Waals surface area contributed by atoms with E-state index in [2.05, 4.69) is 20.4 Å². The SMILES string of the molecule is O=C(Cc1cccc(F)c1)Nc1ccc(N2CCCC2)nn1. The van der Waals surface area contributed by atoms with Crippen molar-refractivity contribution in [1.82, 2.24) is 10.2 Å². The number of aromatic nitrogens is 2. The van der Waals surface area contributed by atoms with Crippen molar-refractivity contribution in [1.29, 1.82) is 0 Å². The first-order chi connectivity index (χ1) is 10.7. The zero-order valence-electron chi connectivity index (χ0n) is 12.1. The van der Waals surface area contributed by atoms with E-state index in [0.29, 0.717) is 11.4 Å². The second-order valence-corrected chi connectivity index (χ2v) is 5.33. The van der Waals surface area contributed by atoms with E-state index in [0.717, 1.165) is 18.9 Å². The van der Waals surface area contributed by atoms with Gasteiger partial charge in [0.15, 0.2) is 11.6 Å². The van der Waals surface area contributed by atoms with E-state index >= 15 is 0 Å². The van der Waals surface area contributed by atoms with Crippen LogP contribution in [0.5, 0.6) is 0 Å². The van der Waals surface area contributed by atoms with E-state index in [1.165, 1.54) is 25.0 Å². The van der Waals surface area contributed by atoms with Crippen molar-refractivity contribution in [3.05, 3.63) is 47.8 Å². The van der Waals surface area contributed by atoms with Crippen molar-refractivity contribution in [2.45, 2.75) is 19.3 Å². The summed E-state index contributed by atoms with van der Waals surface area (Å²) in [5.41, 5.74) is 0.624. The van der Waals surface area contributed by atoms with Crippen LogP contribution in [0.3, 0.4) is 0 Å². The Kier molecular flexibility index (Phi) is 4.27. The predicted octanol–water partition coefficient (Wildman–Crippen LogP) is 2.40. The molecule has 6 heteroatoms. The minimum atomic E-state index is -0.347. The highest BCUT2D eigenvalue weighted by Crippen LogP contribution is 2.17. The molecular weight excluding hydrogens is 283 g/mol. The molecule has 0 saturated carbocycles. The zero-order valence-corrected chi connectivity index (χ0v) is 12.1. The monoisotopic (exact) mass is 300 g/mol. The van der Waals surface area contributed by atoms with Gasteiger partial charge in [-0.2, -0.15) is 0 Å². The van der Waals surface area contributed by atoms with Gasteiger partial charge in [-0.25, -0.2) is 4.39 Å². The summed E-state index contributed by atoms with van der Waals surface area (Å²) in [6, 6.07) is 9.60. The second kappa shape index (κ2) is 6.51. The molecule has 1 aliphatic rings. The van der Waals surface area contributed by atoms with Gasteiger partial charge in [-0.3, -0.25) is 4.79 Å². The summed E-state index contributed by atoms with van der Waals surface area (Å²) in [7, 11) is 0. The van der Waals surface area contributed by atoms with Gasteiger partial charge in [-0.1, -0.05) is 12.1 Å². The summed E-state index contributed by atoms with van der Waals surface area (Å²) in [4.78, 5) is 14.1. The molecule has 114 valence electrons. The normalized spacial score (nSPS) is 14.1. The molecule has 2 aromatic rings. The third-order valence-electron chi connectivity index (χ3n) is 3.60. The minimum absolute atomic E-state index is 0.104. The fraction of sp³-hybridized carbons (Fsp3) is 0.312. The maximum absolute atomic E-state index is 13.1. The van der Waals surface area contributed by atoms with Crippen LogP contribution in [0.25, 0.3) is 0 Å². The average molecular weight is 300 g/mol. The predicted molar refractivity (Wildman–Crippen MR) is 82.2 cm³/mol. The Balaban J connectivity index is 1.59. The van der Waals surface area contributed by atoms with Crippen LogP contribution in [-0.2, 0) is 11.2 Å². The van der Waals surface area contributed by atoms with Gasteiger partial charge < -0.3 is 10.2 Å². The number of rotatable bonds is 4. The maximum atomic E-state index is 13.1. The van der Waals surface area contributed by atoms with E-state index < -0.39 is 0 Å². The van der Waals surface area contributed by atoms with Crippen molar-refractivity contribution in [2.24, 2.45) is 0 Å². The van der Waals surface area contributed by atoms with Crippen LogP contribution in [0.15, 0.2) is 36.4 Å². The smallest absolute Gasteiger partial charge is 0.229 e. The number of nitrogens with zero attached hydrogens (tertiary/aromatic N) is 3. The summed E-state index contributed by atoms with van der Waals surface area (Å²) >= 11 is 0. The largest absolute Gasteiger partial charge is 0.355 e. The third-order valence-corrected chi connectivity index (χ3v) is 3.60. The van der Waals surface area contributed by atoms with Crippen molar-refractivity contribution in [2.75, 3.05) is 23.3 Å². The number of carbonyl (C=O) groups is 1. The summed E-state index contributed by atoms with van der Waals surface area (Å²) < 4.78 is 13.1.